The summed E-state index contributed by atoms with van der Waals surface area (Å²) in [6, 6.07) is 58.6. The number of aromatic nitrogens is 2. The van der Waals surface area contributed by atoms with Crippen molar-refractivity contribution in [1.29, 1.82) is 0 Å². The number of nitrogens with zero attached hydrogens (tertiary/aromatic N) is 3. The lowest BCUT2D eigenvalue weighted by Crippen LogP contribution is -2.09. The summed E-state index contributed by atoms with van der Waals surface area (Å²) >= 11 is 5.32. The van der Waals surface area contributed by atoms with Crippen molar-refractivity contribution in [1.82, 2.24) is 9.97 Å². The van der Waals surface area contributed by atoms with Gasteiger partial charge in [0.15, 0.2) is 0 Å². The molecule has 50 heavy (non-hydrogen) atoms. The Balaban J connectivity index is 1.02. The zero-order chi connectivity index (χ0) is 33.0. The Hall–Kier alpha value is -5.66. The van der Waals surface area contributed by atoms with Gasteiger partial charge in [-0.05, 0) is 108 Å². The smallest absolute Gasteiger partial charge is 0.124 e. The first kappa shape index (κ1) is 29.3. The van der Waals surface area contributed by atoms with E-state index in [0.29, 0.717) is 0 Å². The Morgan fingerprint density at radius 1 is 0.340 bits per heavy atom. The first-order valence-electron chi connectivity index (χ1n) is 16.5. The molecule has 0 spiro atoms. The molecule has 10 aromatic rings. The van der Waals surface area contributed by atoms with E-state index < -0.39 is 0 Å². The highest BCUT2D eigenvalue weighted by Gasteiger charge is 2.16. The Bertz CT molecular complexity index is 2630. The van der Waals surface area contributed by atoms with Crippen LogP contribution in [0.1, 0.15) is 0 Å². The monoisotopic (exact) mass is 693 g/mol. The van der Waals surface area contributed by atoms with Crippen LogP contribution in [0.15, 0.2) is 164 Å². The fraction of sp³-hybridized carbons (Fsp3) is 0. The van der Waals surface area contributed by atoms with E-state index in [4.69, 9.17) is 9.97 Å². The average molecular weight is 694 g/mol. The predicted octanol–water partition coefficient (Wildman–Crippen LogP) is 13.7. The van der Waals surface area contributed by atoms with Crippen LogP contribution in [0.4, 0.5) is 17.1 Å². The molecule has 0 fully saturated rings. The first-order chi connectivity index (χ1) is 24.7. The molecule has 0 amide bonds. The van der Waals surface area contributed by atoms with Crippen molar-refractivity contribution in [3.8, 4) is 32.3 Å². The number of hydrogen-bond donors (Lipinski definition) is 0. The maximum Gasteiger partial charge on any atom is 0.124 e. The topological polar surface area (TPSA) is 29.0 Å². The molecular weight excluding hydrogens is 667 g/mol. The summed E-state index contributed by atoms with van der Waals surface area (Å²) in [4.78, 5) is 12.1. The SMILES string of the molecule is c1ccc2sc(-c3ccc(N(c4ccc(-c5ccc6c(c5)sc5ccccc56)cc4)c4ccc(-c5nc6ccccc6s5)cc4)cc3)nc2c1. The molecule has 0 saturated heterocycles. The zero-order valence-corrected chi connectivity index (χ0v) is 29.1. The molecule has 3 heterocycles. The molecule has 10 rings (SSSR count). The molecule has 0 aliphatic carbocycles. The van der Waals surface area contributed by atoms with Gasteiger partial charge in [0, 0.05) is 48.4 Å². The van der Waals surface area contributed by atoms with Crippen LogP contribution < -0.4 is 4.90 Å². The number of hydrogen-bond acceptors (Lipinski definition) is 6. The van der Waals surface area contributed by atoms with Crippen LogP contribution in [0.25, 0.3) is 72.9 Å². The second-order valence-corrected chi connectivity index (χ2v) is 15.4. The Morgan fingerprint density at radius 2 is 0.780 bits per heavy atom. The third-order valence-electron chi connectivity index (χ3n) is 9.17. The van der Waals surface area contributed by atoms with Gasteiger partial charge >= 0.3 is 0 Å². The maximum atomic E-state index is 4.90. The van der Waals surface area contributed by atoms with Crippen LogP contribution in [-0.2, 0) is 0 Å². The summed E-state index contributed by atoms with van der Waals surface area (Å²) in [7, 11) is 0. The fourth-order valence-corrected chi connectivity index (χ4v) is 9.74. The fourth-order valence-electron chi connectivity index (χ4n) is 6.65. The lowest BCUT2D eigenvalue weighted by atomic mass is 10.0. The molecule has 0 N–H and O–H groups in total. The average Bonchev–Trinajstić information content (AvgIpc) is 3.91. The molecule has 0 aliphatic heterocycles. The Kier molecular flexibility index (Phi) is 7.05. The normalized spacial score (nSPS) is 11.6. The molecule has 6 heteroatoms. The number of para-hydroxylation sites is 2. The summed E-state index contributed by atoms with van der Waals surface area (Å²) < 4.78 is 5.05. The minimum absolute atomic E-state index is 1.03. The molecule has 3 nitrogen and oxygen atoms in total. The number of thiazole rings is 2. The molecule has 7 aromatic carbocycles. The van der Waals surface area contributed by atoms with Crippen molar-refractivity contribution in [2.75, 3.05) is 4.90 Å². The van der Waals surface area contributed by atoms with E-state index in [-0.39, 0.29) is 0 Å². The van der Waals surface area contributed by atoms with Crippen LogP contribution in [0.5, 0.6) is 0 Å². The van der Waals surface area contributed by atoms with Gasteiger partial charge in [-0.2, -0.15) is 0 Å². The summed E-state index contributed by atoms with van der Waals surface area (Å²) in [5.41, 5.74) is 10.0. The standard InChI is InChI=1S/C44H27N3S3/c1-4-10-39-35(7-1)36-26-19-31(27-42(36)48-39)28-13-20-32(21-14-28)47(33-22-15-29(16-23-33)43-45-37-8-2-5-11-40(37)49-43)34-24-17-30(18-25-34)44-46-38-9-3-6-12-41(38)50-44/h1-27H. The molecule has 0 atom stereocenters. The van der Waals surface area contributed by atoms with E-state index in [1.807, 2.05) is 23.5 Å². The summed E-state index contributed by atoms with van der Waals surface area (Å²) in [5.74, 6) is 0. The van der Waals surface area contributed by atoms with Gasteiger partial charge in [-0.1, -0.05) is 66.7 Å². The Morgan fingerprint density at radius 3 is 1.32 bits per heavy atom. The highest BCUT2D eigenvalue weighted by Crippen LogP contribution is 2.40. The number of benzene rings is 7. The van der Waals surface area contributed by atoms with Gasteiger partial charge in [-0.15, -0.1) is 34.0 Å². The number of fused-ring (bicyclic) bond motifs is 5. The summed E-state index contributed by atoms with van der Waals surface area (Å²) in [6.45, 7) is 0. The molecule has 0 radical (unpaired) electrons. The molecule has 0 aliphatic rings. The Labute approximate surface area is 301 Å². The van der Waals surface area contributed by atoms with Gasteiger partial charge < -0.3 is 4.90 Å². The van der Waals surface area contributed by atoms with Crippen LogP contribution in [-0.4, -0.2) is 9.97 Å². The van der Waals surface area contributed by atoms with Gasteiger partial charge in [0.1, 0.15) is 10.0 Å². The largest absolute Gasteiger partial charge is 0.311 e. The van der Waals surface area contributed by atoms with Crippen molar-refractivity contribution in [3.05, 3.63) is 164 Å². The van der Waals surface area contributed by atoms with E-state index in [9.17, 15) is 0 Å². The van der Waals surface area contributed by atoms with Gasteiger partial charge in [0.05, 0.1) is 20.4 Å². The van der Waals surface area contributed by atoms with Crippen LogP contribution in [0.2, 0.25) is 0 Å². The maximum absolute atomic E-state index is 4.90. The van der Waals surface area contributed by atoms with Gasteiger partial charge in [0.2, 0.25) is 0 Å². The van der Waals surface area contributed by atoms with Crippen molar-refractivity contribution < 1.29 is 0 Å². The van der Waals surface area contributed by atoms with E-state index in [0.717, 1.165) is 49.2 Å². The second kappa shape index (κ2) is 12.0. The van der Waals surface area contributed by atoms with Gasteiger partial charge in [0.25, 0.3) is 0 Å². The molecular formula is C44H27N3S3. The van der Waals surface area contributed by atoms with Crippen LogP contribution >= 0.6 is 34.0 Å². The van der Waals surface area contributed by atoms with Crippen molar-refractivity contribution in [2.45, 2.75) is 0 Å². The predicted molar refractivity (Wildman–Crippen MR) is 217 cm³/mol. The van der Waals surface area contributed by atoms with E-state index in [1.54, 1.807) is 22.7 Å². The molecule has 0 saturated carbocycles. The van der Waals surface area contributed by atoms with Crippen molar-refractivity contribution >= 4 is 91.7 Å². The second-order valence-electron chi connectivity index (χ2n) is 12.3. The number of thiophene rings is 1. The quantitative estimate of drug-likeness (QED) is 0.174. The highest BCUT2D eigenvalue weighted by atomic mass is 32.1. The minimum Gasteiger partial charge on any atom is -0.311 e. The highest BCUT2D eigenvalue weighted by molar-refractivity contribution is 7.25. The van der Waals surface area contributed by atoms with Crippen LogP contribution in [0.3, 0.4) is 0 Å². The first-order valence-corrected chi connectivity index (χ1v) is 18.9. The van der Waals surface area contributed by atoms with E-state index in [2.05, 4.69) is 157 Å². The third kappa shape index (κ3) is 5.17. The van der Waals surface area contributed by atoms with Gasteiger partial charge in [-0.25, -0.2) is 9.97 Å². The molecule has 0 bridgehead atoms. The van der Waals surface area contributed by atoms with Crippen LogP contribution in [0, 0.1) is 0 Å². The summed E-state index contributed by atoms with van der Waals surface area (Å²) in [6.07, 6.45) is 0. The number of rotatable bonds is 6. The summed E-state index contributed by atoms with van der Waals surface area (Å²) in [5, 5.41) is 4.71. The molecule has 3 aromatic heterocycles. The van der Waals surface area contributed by atoms with Crippen molar-refractivity contribution in [3.63, 3.8) is 0 Å². The third-order valence-corrected chi connectivity index (χ3v) is 12.5. The molecule has 236 valence electrons. The number of anilines is 3. The zero-order valence-electron chi connectivity index (χ0n) is 26.7. The van der Waals surface area contributed by atoms with E-state index >= 15 is 0 Å². The molecule has 0 unspecified atom stereocenters. The van der Waals surface area contributed by atoms with E-state index in [1.165, 1.54) is 40.7 Å². The van der Waals surface area contributed by atoms with Gasteiger partial charge in [-0.3, -0.25) is 0 Å². The van der Waals surface area contributed by atoms with Crippen molar-refractivity contribution in [2.24, 2.45) is 0 Å². The lowest BCUT2D eigenvalue weighted by molar-refractivity contribution is 1.28. The lowest BCUT2D eigenvalue weighted by Gasteiger charge is -2.26. The minimum atomic E-state index is 1.03.